The van der Waals surface area contributed by atoms with Crippen LogP contribution < -0.4 is 10.6 Å². The predicted molar refractivity (Wildman–Crippen MR) is 94.3 cm³/mol. The van der Waals surface area contributed by atoms with E-state index in [0.717, 1.165) is 19.3 Å². The lowest BCUT2D eigenvalue weighted by Gasteiger charge is -2.24. The Morgan fingerprint density at radius 3 is 2.22 bits per heavy atom. The van der Waals surface area contributed by atoms with Crippen LogP contribution in [-0.4, -0.2) is 30.2 Å². The van der Waals surface area contributed by atoms with Crippen molar-refractivity contribution in [2.45, 2.75) is 79.4 Å². The van der Waals surface area contributed by atoms with Crippen LogP contribution >= 0.6 is 0 Å². The summed E-state index contributed by atoms with van der Waals surface area (Å²) in [4.78, 5) is 23.6. The maximum atomic E-state index is 12.0. The van der Waals surface area contributed by atoms with Gasteiger partial charge in [-0.2, -0.15) is 0 Å². The van der Waals surface area contributed by atoms with E-state index in [4.69, 9.17) is 4.74 Å². The second-order valence-corrected chi connectivity index (χ2v) is 8.02. The predicted octanol–water partition coefficient (Wildman–Crippen LogP) is 3.79. The van der Waals surface area contributed by atoms with Crippen LogP contribution in [0.1, 0.15) is 67.7 Å². The third kappa shape index (κ3) is 13.8. The van der Waals surface area contributed by atoms with E-state index in [9.17, 15) is 9.59 Å². The van der Waals surface area contributed by atoms with E-state index in [1.165, 1.54) is 0 Å². The van der Waals surface area contributed by atoms with Gasteiger partial charge in [0.2, 0.25) is 5.91 Å². The van der Waals surface area contributed by atoms with E-state index in [-0.39, 0.29) is 23.9 Å². The zero-order chi connectivity index (χ0) is 18.1. The molecule has 0 aromatic rings. The van der Waals surface area contributed by atoms with E-state index in [1.54, 1.807) is 20.8 Å². The van der Waals surface area contributed by atoms with Crippen molar-refractivity contribution in [3.8, 4) is 0 Å². The minimum Gasteiger partial charge on any atom is -0.444 e. The maximum absolute atomic E-state index is 12.0. The molecule has 0 saturated carbocycles. The Balaban J connectivity index is 4.34. The van der Waals surface area contributed by atoms with Crippen LogP contribution in [0.3, 0.4) is 0 Å². The van der Waals surface area contributed by atoms with Crippen LogP contribution in [-0.2, 0) is 9.53 Å². The fourth-order valence-electron chi connectivity index (χ4n) is 1.90. The number of ether oxygens (including phenoxy) is 1. The maximum Gasteiger partial charge on any atom is 0.408 e. The molecule has 2 N–H and O–H groups in total. The number of carbonyl (C=O) groups is 2. The molecule has 0 aromatic carbocycles. The molecule has 1 atom stereocenters. The minimum absolute atomic E-state index is 0.0726. The van der Waals surface area contributed by atoms with Crippen LogP contribution in [0.25, 0.3) is 0 Å². The summed E-state index contributed by atoms with van der Waals surface area (Å²) in [6.45, 7) is 13.8. The average Bonchev–Trinajstić information content (AvgIpc) is 2.36. The first-order chi connectivity index (χ1) is 10.4. The van der Waals surface area contributed by atoms with Crippen LogP contribution in [0.2, 0.25) is 0 Å². The zero-order valence-electron chi connectivity index (χ0n) is 15.8. The Kier molecular flexibility index (Phi) is 8.95. The Morgan fingerprint density at radius 1 is 1.13 bits per heavy atom. The monoisotopic (exact) mass is 326 g/mol. The first-order valence-electron chi connectivity index (χ1n) is 8.30. The Hall–Kier alpha value is -1.52. The molecule has 0 aliphatic carbocycles. The Labute approximate surface area is 141 Å². The van der Waals surface area contributed by atoms with Gasteiger partial charge in [-0.05, 0) is 52.4 Å². The molecule has 0 bridgehead atoms. The largest absolute Gasteiger partial charge is 0.444 e. The molecule has 0 fully saturated rings. The smallest absolute Gasteiger partial charge is 0.408 e. The molecule has 1 unspecified atom stereocenters. The van der Waals surface area contributed by atoms with Gasteiger partial charge in [-0.3, -0.25) is 4.79 Å². The molecule has 23 heavy (non-hydrogen) atoms. The minimum atomic E-state index is -0.577. The quantitative estimate of drug-likeness (QED) is 0.699. The van der Waals surface area contributed by atoms with Crippen molar-refractivity contribution in [3.05, 3.63) is 12.2 Å². The normalized spacial score (nSPS) is 13.7. The summed E-state index contributed by atoms with van der Waals surface area (Å²) >= 11 is 0. The van der Waals surface area contributed by atoms with Crippen LogP contribution in [0.5, 0.6) is 0 Å². The van der Waals surface area contributed by atoms with E-state index >= 15 is 0 Å². The van der Waals surface area contributed by atoms with Gasteiger partial charge < -0.3 is 15.4 Å². The summed E-state index contributed by atoms with van der Waals surface area (Å²) in [5, 5.41) is 5.46. The highest BCUT2D eigenvalue weighted by Crippen LogP contribution is 2.22. The fourth-order valence-corrected chi connectivity index (χ4v) is 1.90. The van der Waals surface area contributed by atoms with Gasteiger partial charge in [-0.1, -0.05) is 32.9 Å². The molecule has 5 heteroatoms. The van der Waals surface area contributed by atoms with Crippen molar-refractivity contribution < 1.29 is 14.3 Å². The second kappa shape index (κ2) is 9.58. The molecule has 5 nitrogen and oxygen atoms in total. The van der Waals surface area contributed by atoms with Gasteiger partial charge in [0.1, 0.15) is 12.1 Å². The molecular weight excluding hydrogens is 292 g/mol. The standard InChI is InChI=1S/C18H34N2O3/c1-8-9-10-14(11-12-17(2,3)4)20-15(21)13-19-16(22)23-18(5,6)7/h8-9,14H,10-13H2,1-7H3,(H,19,22)(H,20,21)/b9-8-. The molecule has 0 saturated heterocycles. The van der Waals surface area contributed by atoms with E-state index in [0.29, 0.717) is 0 Å². The molecule has 134 valence electrons. The van der Waals surface area contributed by atoms with Crippen LogP contribution in [0.4, 0.5) is 4.79 Å². The molecular formula is C18H34N2O3. The molecule has 0 aliphatic rings. The van der Waals surface area contributed by atoms with Gasteiger partial charge in [0.05, 0.1) is 0 Å². The first kappa shape index (κ1) is 21.5. The molecule has 0 aliphatic heterocycles. The highest BCUT2D eigenvalue weighted by molar-refractivity contribution is 5.82. The molecule has 0 spiro atoms. The SMILES string of the molecule is C/C=C\CC(CCC(C)(C)C)NC(=O)CNC(=O)OC(C)(C)C. The Bertz CT molecular complexity index is 403. The number of nitrogens with one attached hydrogen (secondary N) is 2. The van der Waals surface area contributed by atoms with Gasteiger partial charge in [0.15, 0.2) is 0 Å². The molecule has 2 amide bonds. The summed E-state index contributed by atoms with van der Waals surface area (Å²) in [5.41, 5.74) is -0.338. The number of hydrogen-bond acceptors (Lipinski definition) is 3. The number of allylic oxidation sites excluding steroid dienone is 1. The summed E-state index contributed by atoms with van der Waals surface area (Å²) in [6, 6.07) is 0.0818. The summed E-state index contributed by atoms with van der Waals surface area (Å²) in [7, 11) is 0. The summed E-state index contributed by atoms with van der Waals surface area (Å²) in [5.74, 6) is -0.195. The van der Waals surface area contributed by atoms with Crippen molar-refractivity contribution in [1.82, 2.24) is 10.6 Å². The lowest BCUT2D eigenvalue weighted by Crippen LogP contribution is -2.43. The lowest BCUT2D eigenvalue weighted by atomic mass is 9.88. The highest BCUT2D eigenvalue weighted by atomic mass is 16.6. The molecule has 0 heterocycles. The van der Waals surface area contributed by atoms with Crippen molar-refractivity contribution in [2.24, 2.45) is 5.41 Å². The molecule has 0 rings (SSSR count). The average molecular weight is 326 g/mol. The summed E-state index contributed by atoms with van der Waals surface area (Å²) in [6.07, 6.45) is 6.18. The zero-order valence-corrected chi connectivity index (χ0v) is 15.8. The van der Waals surface area contributed by atoms with Gasteiger partial charge in [0.25, 0.3) is 0 Å². The van der Waals surface area contributed by atoms with Crippen molar-refractivity contribution in [1.29, 1.82) is 0 Å². The van der Waals surface area contributed by atoms with Crippen molar-refractivity contribution in [3.63, 3.8) is 0 Å². The molecule has 0 aromatic heterocycles. The second-order valence-electron chi connectivity index (χ2n) is 8.02. The third-order valence-electron chi connectivity index (χ3n) is 3.06. The van der Waals surface area contributed by atoms with Gasteiger partial charge >= 0.3 is 6.09 Å². The topological polar surface area (TPSA) is 67.4 Å². The molecule has 0 radical (unpaired) electrons. The number of alkyl carbamates (subject to hydrolysis) is 1. The van der Waals surface area contributed by atoms with E-state index < -0.39 is 11.7 Å². The van der Waals surface area contributed by atoms with Crippen molar-refractivity contribution >= 4 is 12.0 Å². The van der Waals surface area contributed by atoms with Gasteiger partial charge in [-0.15, -0.1) is 0 Å². The van der Waals surface area contributed by atoms with Gasteiger partial charge in [-0.25, -0.2) is 4.79 Å². The summed E-state index contributed by atoms with van der Waals surface area (Å²) < 4.78 is 5.11. The van der Waals surface area contributed by atoms with Gasteiger partial charge in [0, 0.05) is 6.04 Å². The number of hydrogen-bond donors (Lipinski definition) is 2. The number of amides is 2. The highest BCUT2D eigenvalue weighted by Gasteiger charge is 2.19. The first-order valence-corrected chi connectivity index (χ1v) is 8.30. The van der Waals surface area contributed by atoms with Crippen LogP contribution in [0, 0.1) is 5.41 Å². The van der Waals surface area contributed by atoms with E-state index in [2.05, 4.69) is 37.5 Å². The number of rotatable bonds is 7. The van der Waals surface area contributed by atoms with E-state index in [1.807, 2.05) is 13.0 Å². The fraction of sp³-hybridized carbons (Fsp3) is 0.778. The lowest BCUT2D eigenvalue weighted by molar-refractivity contribution is -0.121. The van der Waals surface area contributed by atoms with Crippen molar-refractivity contribution in [2.75, 3.05) is 6.54 Å². The third-order valence-corrected chi connectivity index (χ3v) is 3.06. The van der Waals surface area contributed by atoms with Crippen LogP contribution in [0.15, 0.2) is 12.2 Å². The Morgan fingerprint density at radius 2 is 1.74 bits per heavy atom. The number of carbonyl (C=O) groups excluding carboxylic acids is 2.